The highest BCUT2D eigenvalue weighted by Crippen LogP contribution is 2.30. The minimum Gasteiger partial charge on any atom is -0.483 e. The van der Waals surface area contributed by atoms with Crippen LogP contribution < -0.4 is 10.1 Å². The normalized spacial score (nSPS) is 12.0. The first-order valence-electron chi connectivity index (χ1n) is 9.36. The van der Waals surface area contributed by atoms with Gasteiger partial charge in [-0.1, -0.05) is 46.6 Å². The van der Waals surface area contributed by atoms with Gasteiger partial charge < -0.3 is 14.6 Å². The van der Waals surface area contributed by atoms with Gasteiger partial charge >= 0.3 is 0 Å². The summed E-state index contributed by atoms with van der Waals surface area (Å²) >= 11 is 19.5. The van der Waals surface area contributed by atoms with Crippen molar-refractivity contribution in [2.75, 3.05) is 11.1 Å². The number of hydrogen-bond donors (Lipinski definition) is 1. The SMILES string of the molecule is Cc1cc(OC(C)c2nnc(SCC(=O)Nc3ccc(Cl)cc3Cl)n2C)cc(C)c1Cl. The average Bonchev–Trinajstić information content (AvgIpc) is 3.07. The van der Waals surface area contributed by atoms with Crippen molar-refractivity contribution < 1.29 is 9.53 Å². The predicted molar refractivity (Wildman–Crippen MR) is 127 cm³/mol. The topological polar surface area (TPSA) is 69.0 Å². The van der Waals surface area contributed by atoms with Crippen molar-refractivity contribution in [1.29, 1.82) is 0 Å². The Hall–Kier alpha value is -1.93. The van der Waals surface area contributed by atoms with Crippen LogP contribution in [0.4, 0.5) is 5.69 Å². The van der Waals surface area contributed by atoms with E-state index in [0.717, 1.165) is 16.1 Å². The molecule has 1 unspecified atom stereocenters. The summed E-state index contributed by atoms with van der Waals surface area (Å²) < 4.78 is 7.86. The zero-order valence-electron chi connectivity index (χ0n) is 17.4. The fourth-order valence-electron chi connectivity index (χ4n) is 2.94. The average molecular weight is 500 g/mol. The number of aromatic nitrogens is 3. The first-order valence-corrected chi connectivity index (χ1v) is 11.5. The maximum absolute atomic E-state index is 12.3. The van der Waals surface area contributed by atoms with E-state index < -0.39 is 0 Å². The fourth-order valence-corrected chi connectivity index (χ4v) is 4.23. The highest BCUT2D eigenvalue weighted by atomic mass is 35.5. The van der Waals surface area contributed by atoms with E-state index >= 15 is 0 Å². The largest absolute Gasteiger partial charge is 0.483 e. The Balaban J connectivity index is 1.62. The lowest BCUT2D eigenvalue weighted by molar-refractivity contribution is -0.113. The Labute approximate surface area is 200 Å². The summed E-state index contributed by atoms with van der Waals surface area (Å²) in [5, 5.41) is 13.4. The Morgan fingerprint density at radius 3 is 2.48 bits per heavy atom. The summed E-state index contributed by atoms with van der Waals surface area (Å²) in [5.74, 6) is 1.29. The molecule has 1 atom stereocenters. The van der Waals surface area contributed by atoms with Gasteiger partial charge in [0, 0.05) is 17.1 Å². The third-order valence-electron chi connectivity index (χ3n) is 4.49. The minimum absolute atomic E-state index is 0.149. The summed E-state index contributed by atoms with van der Waals surface area (Å²) in [7, 11) is 1.84. The molecule has 0 fully saturated rings. The number of carbonyl (C=O) groups excluding carboxylic acids is 1. The second-order valence-corrected chi connectivity index (χ2v) is 9.16. The lowest BCUT2D eigenvalue weighted by Crippen LogP contribution is -2.15. The molecular formula is C21H21Cl3N4O2S. The third-order valence-corrected chi connectivity index (χ3v) is 6.66. The number of nitrogens with zero attached hydrogens (tertiary/aromatic N) is 3. The number of hydrogen-bond acceptors (Lipinski definition) is 5. The van der Waals surface area contributed by atoms with Gasteiger partial charge in [0.25, 0.3) is 0 Å². The molecule has 0 radical (unpaired) electrons. The van der Waals surface area contributed by atoms with Crippen molar-refractivity contribution in [3.63, 3.8) is 0 Å². The lowest BCUT2D eigenvalue weighted by Gasteiger charge is -2.16. The van der Waals surface area contributed by atoms with Crippen LogP contribution in [0.1, 0.15) is 30.0 Å². The highest BCUT2D eigenvalue weighted by Gasteiger charge is 2.19. The van der Waals surface area contributed by atoms with Gasteiger partial charge in [0.05, 0.1) is 16.5 Å². The zero-order valence-corrected chi connectivity index (χ0v) is 20.5. The first kappa shape index (κ1) is 23.7. The minimum atomic E-state index is -0.339. The number of carbonyl (C=O) groups is 1. The molecule has 2 aromatic carbocycles. The number of anilines is 1. The fraction of sp³-hybridized carbons (Fsp3) is 0.286. The van der Waals surface area contributed by atoms with E-state index in [1.807, 2.05) is 44.5 Å². The summed E-state index contributed by atoms with van der Waals surface area (Å²) in [5.41, 5.74) is 2.40. The van der Waals surface area contributed by atoms with Crippen molar-refractivity contribution in [3.8, 4) is 5.75 Å². The van der Waals surface area contributed by atoms with Crippen LogP contribution in [0.5, 0.6) is 5.75 Å². The number of thioether (sulfide) groups is 1. The number of nitrogens with one attached hydrogen (secondary N) is 1. The maximum atomic E-state index is 12.3. The molecule has 1 amide bonds. The highest BCUT2D eigenvalue weighted by molar-refractivity contribution is 7.99. The molecule has 0 saturated carbocycles. The smallest absolute Gasteiger partial charge is 0.234 e. The molecule has 0 bridgehead atoms. The molecule has 0 spiro atoms. The van der Waals surface area contributed by atoms with Crippen LogP contribution in [0.25, 0.3) is 0 Å². The summed E-state index contributed by atoms with van der Waals surface area (Å²) in [6.45, 7) is 5.77. The molecule has 10 heteroatoms. The van der Waals surface area contributed by atoms with Gasteiger partial charge in [0.15, 0.2) is 17.1 Å². The van der Waals surface area contributed by atoms with Gasteiger partial charge in [0.2, 0.25) is 5.91 Å². The van der Waals surface area contributed by atoms with Crippen LogP contribution >= 0.6 is 46.6 Å². The van der Waals surface area contributed by atoms with E-state index in [1.54, 1.807) is 18.2 Å². The summed E-state index contributed by atoms with van der Waals surface area (Å²) in [6.07, 6.45) is -0.339. The van der Waals surface area contributed by atoms with Crippen molar-refractivity contribution in [2.45, 2.75) is 32.0 Å². The Bertz CT molecular complexity index is 1100. The van der Waals surface area contributed by atoms with Gasteiger partial charge in [-0.15, -0.1) is 10.2 Å². The van der Waals surface area contributed by atoms with Crippen LogP contribution in [0.3, 0.4) is 0 Å². The van der Waals surface area contributed by atoms with Gasteiger partial charge in [-0.05, 0) is 62.2 Å². The van der Waals surface area contributed by atoms with Crippen LogP contribution in [-0.2, 0) is 11.8 Å². The molecule has 0 aliphatic carbocycles. The Morgan fingerprint density at radius 1 is 1.16 bits per heavy atom. The second-order valence-electron chi connectivity index (χ2n) is 6.99. The third kappa shape index (κ3) is 5.86. The number of ether oxygens (including phenoxy) is 1. The van der Waals surface area contributed by atoms with Gasteiger partial charge in [0.1, 0.15) is 5.75 Å². The van der Waals surface area contributed by atoms with Gasteiger partial charge in [-0.2, -0.15) is 0 Å². The molecule has 0 aliphatic rings. The van der Waals surface area contributed by atoms with Gasteiger partial charge in [-0.25, -0.2) is 0 Å². The Morgan fingerprint density at radius 2 is 1.84 bits per heavy atom. The van der Waals surface area contributed by atoms with E-state index in [4.69, 9.17) is 39.5 Å². The van der Waals surface area contributed by atoms with Crippen LogP contribution in [0.15, 0.2) is 35.5 Å². The molecule has 1 N–H and O–H groups in total. The molecule has 3 rings (SSSR count). The van der Waals surface area contributed by atoms with E-state index in [-0.39, 0.29) is 17.8 Å². The zero-order chi connectivity index (χ0) is 22.7. The van der Waals surface area contributed by atoms with Crippen LogP contribution in [0, 0.1) is 13.8 Å². The maximum Gasteiger partial charge on any atom is 0.234 e. The number of rotatable bonds is 7. The predicted octanol–water partition coefficient (Wildman–Crippen LogP) is 6.26. The van der Waals surface area contributed by atoms with Crippen molar-refractivity contribution in [1.82, 2.24) is 14.8 Å². The first-order chi connectivity index (χ1) is 14.7. The molecule has 3 aromatic rings. The van der Waals surface area contributed by atoms with E-state index in [2.05, 4.69) is 15.5 Å². The van der Waals surface area contributed by atoms with E-state index in [1.165, 1.54) is 11.8 Å². The molecule has 0 aliphatic heterocycles. The lowest BCUT2D eigenvalue weighted by atomic mass is 10.1. The summed E-state index contributed by atoms with van der Waals surface area (Å²) in [4.78, 5) is 12.3. The molecule has 6 nitrogen and oxygen atoms in total. The van der Waals surface area contributed by atoms with E-state index in [0.29, 0.717) is 32.5 Å². The monoisotopic (exact) mass is 498 g/mol. The summed E-state index contributed by atoms with van der Waals surface area (Å²) in [6, 6.07) is 8.68. The molecule has 1 heterocycles. The molecular weight excluding hydrogens is 479 g/mol. The number of halogens is 3. The molecule has 31 heavy (non-hydrogen) atoms. The van der Waals surface area contributed by atoms with Crippen molar-refractivity contribution in [2.24, 2.45) is 7.05 Å². The Kier molecular flexibility index (Phi) is 7.75. The van der Waals surface area contributed by atoms with Crippen LogP contribution in [0.2, 0.25) is 15.1 Å². The second kappa shape index (κ2) is 10.1. The standard InChI is InChI=1S/C21H21Cl3N4O2S/c1-11-7-15(8-12(2)19(11)24)30-13(3)20-26-27-21(28(20)4)31-10-18(29)25-17-6-5-14(22)9-16(17)23/h5-9,13H,10H2,1-4H3,(H,25,29). The van der Waals surface area contributed by atoms with E-state index in [9.17, 15) is 4.79 Å². The molecule has 1 aromatic heterocycles. The quantitative estimate of drug-likeness (QED) is 0.388. The van der Waals surface area contributed by atoms with Gasteiger partial charge in [-0.3, -0.25) is 4.79 Å². The molecule has 164 valence electrons. The van der Waals surface area contributed by atoms with Crippen molar-refractivity contribution >= 4 is 58.2 Å². The molecule has 0 saturated heterocycles. The van der Waals surface area contributed by atoms with Crippen LogP contribution in [-0.4, -0.2) is 26.4 Å². The number of benzene rings is 2. The number of aryl methyl sites for hydroxylation is 2. The van der Waals surface area contributed by atoms with Crippen molar-refractivity contribution in [3.05, 3.63) is 62.4 Å². The number of amides is 1.